The molecule has 2 rings (SSSR count). The van der Waals surface area contributed by atoms with Crippen LogP contribution in [-0.4, -0.2) is 50.6 Å². The number of hydrogen-bond donors (Lipinski definition) is 2. The molecule has 0 unspecified atom stereocenters. The number of rotatable bonds is 6. The molecular weight excluding hydrogens is 252 g/mol. The molecule has 7 heteroatoms. The summed E-state index contributed by atoms with van der Waals surface area (Å²) in [4.78, 5) is 34.4. The van der Waals surface area contributed by atoms with Crippen LogP contribution in [0.15, 0.2) is 18.3 Å². The van der Waals surface area contributed by atoms with Crippen LogP contribution in [0.1, 0.15) is 29.4 Å². The zero-order chi connectivity index (χ0) is 14.0. The van der Waals surface area contributed by atoms with Gasteiger partial charge in [0.05, 0.1) is 0 Å². The topological polar surface area (TPSA) is 99.8 Å². The van der Waals surface area contributed by atoms with Crippen LogP contribution < -0.4 is 0 Å². The van der Waals surface area contributed by atoms with Crippen molar-refractivity contribution in [3.05, 3.63) is 24.0 Å². The van der Waals surface area contributed by atoms with Gasteiger partial charge in [0.25, 0.3) is 5.91 Å². The molecule has 0 atom stereocenters. The van der Waals surface area contributed by atoms with E-state index in [1.165, 1.54) is 0 Å². The van der Waals surface area contributed by atoms with E-state index in [-0.39, 0.29) is 6.04 Å². The lowest BCUT2D eigenvalue weighted by molar-refractivity contribution is -0.140. The Hall–Kier alpha value is -2.31. The lowest BCUT2D eigenvalue weighted by atomic mass is 10.3. The van der Waals surface area contributed by atoms with Crippen LogP contribution in [0, 0.1) is 0 Å². The summed E-state index contributed by atoms with van der Waals surface area (Å²) in [6.07, 6.45) is 3.71. The molecule has 0 saturated heterocycles. The molecule has 0 spiro atoms. The van der Waals surface area contributed by atoms with E-state index in [1.807, 2.05) is 0 Å². The van der Waals surface area contributed by atoms with Gasteiger partial charge in [0, 0.05) is 12.2 Å². The summed E-state index contributed by atoms with van der Waals surface area (Å²) < 4.78 is 1.78. The lowest BCUT2D eigenvalue weighted by Gasteiger charge is -2.19. The third-order valence-corrected chi connectivity index (χ3v) is 2.88. The Bertz CT molecular complexity index is 502. The summed E-state index contributed by atoms with van der Waals surface area (Å²) in [5.41, 5.74) is 0.338. The minimum atomic E-state index is -1.24. The second-order valence-corrected chi connectivity index (χ2v) is 4.48. The molecule has 1 aromatic rings. The molecule has 1 fully saturated rings. The third kappa shape index (κ3) is 3.12. The van der Waals surface area contributed by atoms with E-state index < -0.39 is 30.9 Å². The number of nitrogens with zero attached hydrogens (tertiary/aromatic N) is 2. The molecule has 0 radical (unpaired) electrons. The minimum absolute atomic E-state index is 0.269. The molecule has 7 nitrogen and oxygen atoms in total. The van der Waals surface area contributed by atoms with E-state index in [9.17, 15) is 14.4 Å². The first-order valence-corrected chi connectivity index (χ1v) is 5.88. The van der Waals surface area contributed by atoms with Gasteiger partial charge in [0.2, 0.25) is 0 Å². The van der Waals surface area contributed by atoms with Crippen LogP contribution in [0.4, 0.5) is 0 Å². The van der Waals surface area contributed by atoms with Crippen LogP contribution in [0.2, 0.25) is 0 Å². The highest BCUT2D eigenvalue weighted by molar-refractivity contribution is 5.96. The third-order valence-electron chi connectivity index (χ3n) is 2.88. The number of hydrogen-bond acceptors (Lipinski definition) is 3. The van der Waals surface area contributed by atoms with Gasteiger partial charge in [-0.1, -0.05) is 0 Å². The SMILES string of the molecule is O=C(O)CN(CC(=O)O)C(=O)c1cccn1C1CC1. The van der Waals surface area contributed by atoms with Crippen molar-refractivity contribution >= 4 is 17.8 Å². The van der Waals surface area contributed by atoms with Crippen LogP contribution in [0.5, 0.6) is 0 Å². The molecule has 2 N–H and O–H groups in total. The Kier molecular flexibility index (Phi) is 3.55. The number of carbonyl (C=O) groups is 3. The van der Waals surface area contributed by atoms with Gasteiger partial charge in [0.15, 0.2) is 0 Å². The highest BCUT2D eigenvalue weighted by Gasteiger charge is 2.29. The number of carboxylic acids is 2. The number of amides is 1. The summed E-state index contributed by atoms with van der Waals surface area (Å²) in [7, 11) is 0. The maximum atomic E-state index is 12.2. The van der Waals surface area contributed by atoms with Crippen molar-refractivity contribution in [1.29, 1.82) is 0 Å². The normalized spacial score (nSPS) is 14.1. The fourth-order valence-electron chi connectivity index (χ4n) is 1.93. The molecule has 102 valence electrons. The lowest BCUT2D eigenvalue weighted by Crippen LogP contribution is -2.40. The van der Waals surface area contributed by atoms with Gasteiger partial charge in [-0.3, -0.25) is 14.4 Å². The molecular formula is C12H14N2O5. The van der Waals surface area contributed by atoms with Crippen LogP contribution in [-0.2, 0) is 9.59 Å². The van der Waals surface area contributed by atoms with Gasteiger partial charge in [-0.2, -0.15) is 0 Å². The van der Waals surface area contributed by atoms with Crippen LogP contribution in [0.3, 0.4) is 0 Å². The predicted molar refractivity (Wildman–Crippen MR) is 63.9 cm³/mol. The number of carbonyl (C=O) groups excluding carboxylic acids is 1. The Morgan fingerprint density at radius 1 is 1.21 bits per heavy atom. The highest BCUT2D eigenvalue weighted by atomic mass is 16.4. The van der Waals surface area contributed by atoms with E-state index in [0.717, 1.165) is 17.7 Å². The zero-order valence-corrected chi connectivity index (χ0v) is 10.2. The Morgan fingerprint density at radius 2 is 1.79 bits per heavy atom. The summed E-state index contributed by atoms with van der Waals surface area (Å²) in [5.74, 6) is -3.04. The van der Waals surface area contributed by atoms with Gasteiger partial charge >= 0.3 is 11.9 Å². The fraction of sp³-hybridized carbons (Fsp3) is 0.417. The van der Waals surface area contributed by atoms with E-state index in [2.05, 4.69) is 0 Å². The van der Waals surface area contributed by atoms with E-state index in [4.69, 9.17) is 10.2 Å². The predicted octanol–water partition coefficient (Wildman–Crippen LogP) is 0.434. The van der Waals surface area contributed by atoms with E-state index in [0.29, 0.717) is 5.69 Å². The Labute approximate surface area is 109 Å². The quantitative estimate of drug-likeness (QED) is 0.778. The number of carboxylic acid groups (broad SMARTS) is 2. The van der Waals surface area contributed by atoms with E-state index in [1.54, 1.807) is 22.9 Å². The summed E-state index contributed by atoms with van der Waals surface area (Å²) in [6.45, 7) is -1.25. The molecule has 19 heavy (non-hydrogen) atoms. The second-order valence-electron chi connectivity index (χ2n) is 4.48. The van der Waals surface area contributed by atoms with Gasteiger partial charge < -0.3 is 19.7 Å². The van der Waals surface area contributed by atoms with Crippen molar-refractivity contribution in [2.45, 2.75) is 18.9 Å². The Morgan fingerprint density at radius 3 is 2.26 bits per heavy atom. The largest absolute Gasteiger partial charge is 0.480 e. The zero-order valence-electron chi connectivity index (χ0n) is 10.2. The monoisotopic (exact) mass is 266 g/mol. The van der Waals surface area contributed by atoms with Crippen molar-refractivity contribution < 1.29 is 24.6 Å². The van der Waals surface area contributed by atoms with Gasteiger partial charge in [0.1, 0.15) is 18.8 Å². The molecule has 1 aromatic heterocycles. The van der Waals surface area contributed by atoms with Crippen molar-refractivity contribution in [2.24, 2.45) is 0 Å². The molecule has 1 aliphatic carbocycles. The van der Waals surface area contributed by atoms with Crippen molar-refractivity contribution in [2.75, 3.05) is 13.1 Å². The van der Waals surface area contributed by atoms with Gasteiger partial charge in [-0.05, 0) is 25.0 Å². The molecule has 0 aromatic carbocycles. The van der Waals surface area contributed by atoms with Gasteiger partial charge in [-0.15, -0.1) is 0 Å². The average Bonchev–Trinajstić information content (AvgIpc) is 3.04. The number of aromatic nitrogens is 1. The highest BCUT2D eigenvalue weighted by Crippen LogP contribution is 2.36. The van der Waals surface area contributed by atoms with Crippen molar-refractivity contribution in [3.63, 3.8) is 0 Å². The van der Waals surface area contributed by atoms with Gasteiger partial charge in [-0.25, -0.2) is 0 Å². The molecule has 1 amide bonds. The molecule has 0 aliphatic heterocycles. The maximum absolute atomic E-state index is 12.2. The standard InChI is InChI=1S/C12H14N2O5/c15-10(16)6-13(7-11(17)18)12(19)9-2-1-5-14(9)8-3-4-8/h1-2,5,8H,3-4,6-7H2,(H,15,16)(H,17,18). The molecule has 0 bridgehead atoms. The first-order chi connectivity index (χ1) is 8.99. The summed E-state index contributed by atoms with van der Waals surface area (Å²) >= 11 is 0. The summed E-state index contributed by atoms with van der Waals surface area (Å²) in [5, 5.41) is 17.5. The minimum Gasteiger partial charge on any atom is -0.480 e. The summed E-state index contributed by atoms with van der Waals surface area (Å²) in [6, 6.07) is 3.55. The first kappa shape index (κ1) is 13.1. The van der Waals surface area contributed by atoms with Crippen molar-refractivity contribution in [3.8, 4) is 0 Å². The van der Waals surface area contributed by atoms with Crippen LogP contribution in [0.25, 0.3) is 0 Å². The molecule has 1 aliphatic rings. The van der Waals surface area contributed by atoms with Crippen molar-refractivity contribution in [1.82, 2.24) is 9.47 Å². The smallest absolute Gasteiger partial charge is 0.323 e. The molecule has 1 heterocycles. The fourth-order valence-corrected chi connectivity index (χ4v) is 1.93. The van der Waals surface area contributed by atoms with E-state index >= 15 is 0 Å². The first-order valence-electron chi connectivity index (χ1n) is 5.88. The molecule has 1 saturated carbocycles. The average molecular weight is 266 g/mol. The number of aliphatic carboxylic acids is 2. The maximum Gasteiger partial charge on any atom is 0.323 e. The second kappa shape index (κ2) is 5.13. The Balaban J connectivity index is 2.19. The van der Waals surface area contributed by atoms with Crippen LogP contribution >= 0.6 is 0 Å².